The number of ether oxygens (including phenoxy) is 1. The Kier molecular flexibility index (Phi) is 4.93. The number of carboxylic acids is 1. The number of unbranched alkanes of at least 4 members (excludes halogenated alkanes) is 1. The van der Waals surface area contributed by atoms with Crippen LogP contribution in [0.25, 0.3) is 0 Å². The summed E-state index contributed by atoms with van der Waals surface area (Å²) in [6.07, 6.45) is 2.82. The summed E-state index contributed by atoms with van der Waals surface area (Å²) >= 11 is 0. The molecule has 0 aromatic carbocycles. The molecule has 0 bridgehead atoms. The van der Waals surface area contributed by atoms with Gasteiger partial charge in [0.2, 0.25) is 5.91 Å². The highest BCUT2D eigenvalue weighted by molar-refractivity contribution is 6.04. The molecule has 5 nitrogen and oxygen atoms in total. The van der Waals surface area contributed by atoms with Crippen molar-refractivity contribution < 1.29 is 19.4 Å². The minimum absolute atomic E-state index is 0.240. The number of aliphatic carboxylic acids is 1. The Morgan fingerprint density at radius 1 is 1.35 bits per heavy atom. The van der Waals surface area contributed by atoms with Gasteiger partial charge in [0.15, 0.2) is 0 Å². The number of methoxy groups -OCH3 is 1. The number of rotatable bonds is 8. The Hall–Kier alpha value is -1.10. The first-order valence-corrected chi connectivity index (χ1v) is 6.10. The van der Waals surface area contributed by atoms with Crippen LogP contribution in [0.3, 0.4) is 0 Å². The summed E-state index contributed by atoms with van der Waals surface area (Å²) in [7, 11) is 1.58. The first-order chi connectivity index (χ1) is 8.08. The van der Waals surface area contributed by atoms with Crippen molar-refractivity contribution in [1.82, 2.24) is 4.90 Å². The molecule has 1 aliphatic carbocycles. The molecule has 1 aliphatic rings. The van der Waals surface area contributed by atoms with E-state index in [1.54, 1.807) is 12.0 Å². The fourth-order valence-electron chi connectivity index (χ4n) is 1.81. The van der Waals surface area contributed by atoms with E-state index < -0.39 is 11.4 Å². The quantitative estimate of drug-likeness (QED) is 0.649. The zero-order valence-electron chi connectivity index (χ0n) is 10.6. The SMILES string of the molecule is CCCCN(CCOC)C(=O)C1(C(=O)O)CC1. The second kappa shape index (κ2) is 6.00. The highest BCUT2D eigenvalue weighted by Crippen LogP contribution is 2.47. The molecule has 0 atom stereocenters. The average molecular weight is 243 g/mol. The number of hydrogen-bond acceptors (Lipinski definition) is 3. The van der Waals surface area contributed by atoms with Crippen LogP contribution >= 0.6 is 0 Å². The van der Waals surface area contributed by atoms with Crippen LogP contribution in [0.4, 0.5) is 0 Å². The molecule has 1 amide bonds. The largest absolute Gasteiger partial charge is 0.480 e. The predicted octanol–water partition coefficient (Wildman–Crippen LogP) is 1.13. The van der Waals surface area contributed by atoms with E-state index in [1.807, 2.05) is 6.92 Å². The van der Waals surface area contributed by atoms with Gasteiger partial charge in [-0.2, -0.15) is 0 Å². The zero-order chi connectivity index (χ0) is 12.9. The molecular weight excluding hydrogens is 222 g/mol. The molecule has 1 fully saturated rings. The van der Waals surface area contributed by atoms with E-state index in [-0.39, 0.29) is 5.91 Å². The van der Waals surface area contributed by atoms with E-state index in [9.17, 15) is 9.59 Å². The lowest BCUT2D eigenvalue weighted by Gasteiger charge is -2.25. The monoisotopic (exact) mass is 243 g/mol. The van der Waals surface area contributed by atoms with Gasteiger partial charge in [0.1, 0.15) is 5.41 Å². The van der Waals surface area contributed by atoms with Crippen LogP contribution in [0.1, 0.15) is 32.6 Å². The van der Waals surface area contributed by atoms with Crippen molar-refractivity contribution in [3.63, 3.8) is 0 Å². The molecule has 0 aliphatic heterocycles. The molecule has 98 valence electrons. The second-order valence-electron chi connectivity index (χ2n) is 4.53. The average Bonchev–Trinajstić information content (AvgIpc) is 3.09. The molecule has 0 radical (unpaired) electrons. The van der Waals surface area contributed by atoms with Crippen molar-refractivity contribution in [2.45, 2.75) is 32.6 Å². The number of carboxylic acid groups (broad SMARTS) is 1. The van der Waals surface area contributed by atoms with Crippen LogP contribution in [0.2, 0.25) is 0 Å². The Morgan fingerprint density at radius 2 is 2.00 bits per heavy atom. The fourth-order valence-corrected chi connectivity index (χ4v) is 1.81. The molecule has 0 aromatic heterocycles. The zero-order valence-corrected chi connectivity index (χ0v) is 10.6. The molecule has 17 heavy (non-hydrogen) atoms. The van der Waals surface area contributed by atoms with Crippen molar-refractivity contribution in [3.8, 4) is 0 Å². The highest BCUT2D eigenvalue weighted by Gasteiger charge is 2.58. The molecule has 1 N–H and O–H groups in total. The van der Waals surface area contributed by atoms with Crippen molar-refractivity contribution in [2.75, 3.05) is 26.8 Å². The van der Waals surface area contributed by atoms with Crippen LogP contribution in [0.5, 0.6) is 0 Å². The first-order valence-electron chi connectivity index (χ1n) is 6.10. The minimum atomic E-state index is -1.12. The molecule has 5 heteroatoms. The molecule has 0 spiro atoms. The third-order valence-corrected chi connectivity index (χ3v) is 3.20. The number of nitrogens with zero attached hydrogens (tertiary/aromatic N) is 1. The van der Waals surface area contributed by atoms with E-state index in [0.29, 0.717) is 32.5 Å². The summed E-state index contributed by atoms with van der Waals surface area (Å²) in [5.74, 6) is -1.23. The lowest BCUT2D eigenvalue weighted by molar-refractivity contribution is -0.153. The summed E-state index contributed by atoms with van der Waals surface area (Å²) < 4.78 is 4.95. The molecule has 0 unspecified atom stereocenters. The van der Waals surface area contributed by atoms with E-state index >= 15 is 0 Å². The van der Waals surface area contributed by atoms with Gasteiger partial charge >= 0.3 is 5.97 Å². The normalized spacial score (nSPS) is 16.6. The van der Waals surface area contributed by atoms with E-state index in [1.165, 1.54) is 0 Å². The van der Waals surface area contributed by atoms with E-state index in [4.69, 9.17) is 9.84 Å². The Balaban J connectivity index is 2.62. The lowest BCUT2D eigenvalue weighted by Crippen LogP contribution is -2.43. The van der Waals surface area contributed by atoms with E-state index in [2.05, 4.69) is 0 Å². The Labute approximate surface area is 102 Å². The number of hydrogen-bond donors (Lipinski definition) is 1. The van der Waals surface area contributed by atoms with Gasteiger partial charge in [0.05, 0.1) is 6.61 Å². The van der Waals surface area contributed by atoms with Crippen molar-refractivity contribution in [1.29, 1.82) is 0 Å². The molecule has 0 saturated heterocycles. The topological polar surface area (TPSA) is 66.8 Å². The van der Waals surface area contributed by atoms with Crippen LogP contribution in [0.15, 0.2) is 0 Å². The smallest absolute Gasteiger partial charge is 0.319 e. The second-order valence-corrected chi connectivity index (χ2v) is 4.53. The number of amides is 1. The summed E-state index contributed by atoms with van der Waals surface area (Å²) in [5, 5.41) is 9.10. The molecule has 1 saturated carbocycles. The summed E-state index contributed by atoms with van der Waals surface area (Å²) in [5.41, 5.74) is -1.12. The first kappa shape index (κ1) is 14.0. The summed E-state index contributed by atoms with van der Waals surface area (Å²) in [6.45, 7) is 3.59. The standard InChI is InChI=1S/C12H21NO4/c1-3-4-7-13(8-9-17-2)10(14)12(5-6-12)11(15)16/h3-9H2,1-2H3,(H,15,16). The Bertz CT molecular complexity index is 278. The van der Waals surface area contributed by atoms with Crippen LogP contribution in [-0.2, 0) is 14.3 Å². The summed E-state index contributed by atoms with van der Waals surface area (Å²) in [4.78, 5) is 24.9. The third-order valence-electron chi connectivity index (χ3n) is 3.20. The van der Waals surface area contributed by atoms with Gasteiger partial charge in [-0.05, 0) is 19.3 Å². The maximum atomic E-state index is 12.2. The summed E-state index contributed by atoms with van der Waals surface area (Å²) in [6, 6.07) is 0. The maximum absolute atomic E-state index is 12.2. The van der Waals surface area contributed by atoms with Crippen LogP contribution in [-0.4, -0.2) is 48.7 Å². The minimum Gasteiger partial charge on any atom is -0.480 e. The molecular formula is C12H21NO4. The fraction of sp³-hybridized carbons (Fsp3) is 0.833. The molecule has 1 rings (SSSR count). The molecule has 0 aromatic rings. The van der Waals surface area contributed by atoms with E-state index in [0.717, 1.165) is 12.8 Å². The van der Waals surface area contributed by atoms with Gasteiger partial charge in [0, 0.05) is 20.2 Å². The van der Waals surface area contributed by atoms with Crippen molar-refractivity contribution >= 4 is 11.9 Å². The maximum Gasteiger partial charge on any atom is 0.319 e. The van der Waals surface area contributed by atoms with Gasteiger partial charge in [-0.15, -0.1) is 0 Å². The third kappa shape index (κ3) is 3.19. The number of carbonyl (C=O) groups is 2. The van der Waals surface area contributed by atoms with Crippen molar-refractivity contribution in [2.24, 2.45) is 5.41 Å². The van der Waals surface area contributed by atoms with Crippen molar-refractivity contribution in [3.05, 3.63) is 0 Å². The van der Waals surface area contributed by atoms with Crippen LogP contribution < -0.4 is 0 Å². The van der Waals surface area contributed by atoms with Crippen LogP contribution in [0, 0.1) is 5.41 Å². The lowest BCUT2D eigenvalue weighted by atomic mass is 10.1. The highest BCUT2D eigenvalue weighted by atomic mass is 16.5. The van der Waals surface area contributed by atoms with Gasteiger partial charge in [-0.3, -0.25) is 9.59 Å². The Morgan fingerprint density at radius 3 is 2.41 bits per heavy atom. The van der Waals surface area contributed by atoms with Gasteiger partial charge < -0.3 is 14.7 Å². The number of carbonyl (C=O) groups excluding carboxylic acids is 1. The molecule has 0 heterocycles. The van der Waals surface area contributed by atoms with Gasteiger partial charge in [-0.1, -0.05) is 13.3 Å². The van der Waals surface area contributed by atoms with Gasteiger partial charge in [0.25, 0.3) is 0 Å². The van der Waals surface area contributed by atoms with Gasteiger partial charge in [-0.25, -0.2) is 0 Å². The predicted molar refractivity (Wildman–Crippen MR) is 62.7 cm³/mol.